The molecule has 0 unspecified atom stereocenters. The molecule has 16 aliphatic heterocycles. The second kappa shape index (κ2) is 43.2. The molecule has 35 atom stereocenters. The average Bonchev–Trinajstić information content (AvgIpc) is 1.60. The fourth-order valence-corrected chi connectivity index (χ4v) is 22.6. The second-order valence-corrected chi connectivity index (χ2v) is 81.9. The van der Waals surface area contributed by atoms with Crippen molar-refractivity contribution in [1.29, 1.82) is 0 Å². The van der Waals surface area contributed by atoms with Crippen LogP contribution in [0.4, 0.5) is 0 Å². The van der Waals surface area contributed by atoms with Gasteiger partial charge in [-0.2, -0.15) is 0 Å². The third-order valence-electron chi connectivity index (χ3n) is 32.1. The van der Waals surface area contributed by atoms with Crippen LogP contribution in [0, 0.1) is 0 Å². The van der Waals surface area contributed by atoms with Gasteiger partial charge in [0.05, 0.1) is 46.2 Å². The Balaban J connectivity index is 1.24. The van der Waals surface area contributed by atoms with E-state index in [0.717, 1.165) is 0 Å². The fraction of sp³-hybridized carbons (Fsp3) is 1.00. The van der Waals surface area contributed by atoms with Crippen LogP contribution in [0.15, 0.2) is 0 Å². The van der Waals surface area contributed by atoms with Crippen LogP contribution in [0.1, 0.15) is 145 Å². The van der Waals surface area contributed by atoms with Gasteiger partial charge < -0.3 is 161 Å². The molecule has 0 aromatic rings. The van der Waals surface area contributed by atoms with Crippen LogP contribution in [-0.2, 0) is 130 Å². The lowest BCUT2D eigenvalue weighted by molar-refractivity contribution is -0.399. The molecule has 0 amide bonds. The maximum absolute atomic E-state index is 13.4. The minimum atomic E-state index is -2.73. The van der Waals surface area contributed by atoms with Gasteiger partial charge in [-0.1, -0.05) is 145 Å². The van der Waals surface area contributed by atoms with Gasteiger partial charge in [0.25, 0.3) is 0 Å². The molecule has 16 fully saturated rings. The number of ether oxygens (including phenoxy) is 21. The van der Waals surface area contributed by atoms with Crippen molar-refractivity contribution in [2.45, 2.75) is 487 Å². The summed E-state index contributed by atoms with van der Waals surface area (Å²) in [4.78, 5) is 0. The van der Waals surface area contributed by atoms with Crippen LogP contribution < -0.4 is 0 Å². The first-order chi connectivity index (χ1) is 59.8. The molecule has 16 aliphatic rings. The summed E-state index contributed by atoms with van der Waals surface area (Å²) < 4.78 is 194. The number of methoxy groups -OCH3 is 6. The molecule has 41 heteroatoms. The third kappa shape index (κ3) is 25.9. The SMILES string of the molecule is CO[C@@H]1[C@H]2O[C@H]3[C@@H](O)[C@@H](OC)[C@@H](O[C@H]4[C@H](O)[C@@H](OC)[C@@H](O[C@H]5[C@H](O)[C@@H](OC)[C@@H](O[C@H]6[C@H](O)[C@@H](OC)[C@@H](O[C@H]7[C@@H](O)[C@H](OC)[C@@H](O[C@H]8[C@@H]9O[C@@H]9[C@@H](O[C@@H]([C@H]1O)[C@@H](CO[Si](C)(C)C(C)(C)C)O2)O[C@@H]8CO[Si](C)(C)C(C)(C)C)O[C@@H]7CO[Si](C)(C)C(C)(C)C)O[C@H]6CO[Si](C)(C)C(C)(C)C)O[C@H]5CO[Si](C)(C)C(C)(C)C)O[C@@H]4CO[Si](C)(C)C(C)(C)C)O[C@@H]3CO[Si](C)(C)C(C)(C)C. The van der Waals surface area contributed by atoms with E-state index >= 15 is 0 Å². The highest BCUT2D eigenvalue weighted by atomic mass is 28.4. The molecule has 0 radical (unpaired) electrons. The van der Waals surface area contributed by atoms with Gasteiger partial charge in [-0.15, -0.1) is 0 Å². The number of hydrogen-bond donors (Lipinski definition) is 6. The molecule has 14 bridgehead atoms. The van der Waals surface area contributed by atoms with Crippen LogP contribution in [-0.4, -0.2) is 393 Å². The van der Waals surface area contributed by atoms with Crippen molar-refractivity contribution in [2.24, 2.45) is 0 Å². The zero-order valence-electron chi connectivity index (χ0n) is 87.3. The van der Waals surface area contributed by atoms with Gasteiger partial charge in [-0.3, -0.25) is 0 Å². The Bertz CT molecular complexity index is 3490. The zero-order chi connectivity index (χ0) is 99.0. The molecule has 770 valence electrons. The first-order valence-electron chi connectivity index (χ1n) is 47.4. The normalized spacial score (nSPS) is 39.6. The van der Waals surface area contributed by atoms with Crippen molar-refractivity contribution in [3.05, 3.63) is 0 Å². The predicted octanol–water partition coefficient (Wildman–Crippen LogP) is 10.9. The van der Waals surface area contributed by atoms with Gasteiger partial charge in [-0.05, 0) is 127 Å². The summed E-state index contributed by atoms with van der Waals surface area (Å²) in [6, 6.07) is 0. The van der Waals surface area contributed by atoms with E-state index in [1.54, 1.807) is 0 Å². The number of hydrogen-bond acceptors (Lipinski definition) is 34. The Morgan fingerprint density at radius 1 is 0.176 bits per heavy atom. The Morgan fingerprint density at radius 3 is 0.450 bits per heavy atom. The molecule has 0 aliphatic carbocycles. The van der Waals surface area contributed by atoms with Crippen molar-refractivity contribution >= 4 is 58.2 Å². The van der Waals surface area contributed by atoms with E-state index in [1.165, 1.54) is 42.7 Å². The van der Waals surface area contributed by atoms with Gasteiger partial charge in [0.15, 0.2) is 102 Å². The van der Waals surface area contributed by atoms with Gasteiger partial charge in [0, 0.05) is 42.7 Å². The summed E-state index contributed by atoms with van der Waals surface area (Å²) in [7, 11) is -10.5. The molecule has 0 spiro atoms. The van der Waals surface area contributed by atoms with E-state index in [1.807, 2.05) is 0 Å². The standard InChI is InChI=1S/C90H178O34Si7/c1-84(2,3)125(28,29)103-42-49-62-56(91)70(98-23)78(111-49)120-64-51(44-105-127(32,33)86(7,8)9)113-80(72(100-25)58(64)93)122-66-53(46-107-129(36,37)88(13,14)15)115-82(74(102-27)60(66)95)124-68-55(48-109-131(40,41)90(19,20)21)116-83(76-75(68)117-76)123-67-54(47-108-130(38,39)89(16,17)18)114-81(73(101-26)61(67)96)121-65-52(45-106-128(34,35)87(10,11)12)112-79(71(99-24)59(65)94)119-63-50(43-104-126(30,31)85(4,5)6)110-77(118-62)69(97-22)57(63)92/h49-83,91-96H,42-48H2,1-41H3/t49-,50+,51-,52+,53+,54+,55+,56-,57-,58-,59+,60+,61+,62+,63+,64+,65+,66+,67+,68+,69+,70+,71+,72+,73-,74-,75-,76-,77+,78+,79+,80+,81+,82+,83+/m0/s1. The molecule has 0 saturated carbocycles. The lowest BCUT2D eigenvalue weighted by atomic mass is 9.95. The quantitative estimate of drug-likeness (QED) is 0.0329. The molecule has 131 heavy (non-hydrogen) atoms. The molecule has 0 aromatic heterocycles. The van der Waals surface area contributed by atoms with Crippen LogP contribution >= 0.6 is 0 Å². The summed E-state index contributed by atoms with van der Waals surface area (Å²) in [6.45, 7) is 72.6. The van der Waals surface area contributed by atoms with E-state index in [-0.39, 0.29) is 81.5 Å². The lowest BCUT2D eigenvalue weighted by Gasteiger charge is -2.52. The maximum Gasteiger partial charge on any atom is 0.192 e. The van der Waals surface area contributed by atoms with E-state index in [2.05, 4.69) is 237 Å². The summed E-state index contributed by atoms with van der Waals surface area (Å²) in [6.07, 6.45) is -47.7. The van der Waals surface area contributed by atoms with Crippen LogP contribution in [0.25, 0.3) is 0 Å². The van der Waals surface area contributed by atoms with Gasteiger partial charge >= 0.3 is 0 Å². The van der Waals surface area contributed by atoms with E-state index in [4.69, 9.17) is 130 Å². The average molecular weight is 2000 g/mol. The van der Waals surface area contributed by atoms with Crippen molar-refractivity contribution in [2.75, 3.05) is 88.9 Å². The molecule has 34 nitrogen and oxygen atoms in total. The summed E-state index contributed by atoms with van der Waals surface area (Å²) >= 11 is 0. The van der Waals surface area contributed by atoms with E-state index in [0.29, 0.717) is 0 Å². The molecular formula is C90H178O34Si7. The topological polar surface area (TPSA) is 383 Å². The van der Waals surface area contributed by atoms with E-state index < -0.39 is 273 Å². The highest BCUT2D eigenvalue weighted by molar-refractivity contribution is 6.76. The monoisotopic (exact) mass is 2000 g/mol. The number of aliphatic hydroxyl groups excluding tert-OH is 6. The smallest absolute Gasteiger partial charge is 0.192 e. The number of epoxide rings is 1. The molecule has 0 aromatic carbocycles. The number of rotatable bonds is 27. The lowest BCUT2D eigenvalue weighted by Crippen LogP contribution is -2.69. The molecular weight excluding hydrogens is 1820 g/mol. The maximum atomic E-state index is 13.4. The second-order valence-electron chi connectivity index (χ2n) is 48.2. The first kappa shape index (κ1) is 115. The predicted molar refractivity (Wildman–Crippen MR) is 506 cm³/mol. The first-order valence-corrected chi connectivity index (χ1v) is 67.7. The number of fused-ring (bicyclic) bond motifs is 7. The van der Waals surface area contributed by atoms with Crippen LogP contribution in [0.5, 0.6) is 0 Å². The minimum absolute atomic E-state index is 0.0380. The Kier molecular flexibility index (Phi) is 37.8. The Labute approximate surface area is 791 Å². The highest BCUT2D eigenvalue weighted by Gasteiger charge is 2.66. The zero-order valence-corrected chi connectivity index (χ0v) is 94.3. The minimum Gasteiger partial charge on any atom is -0.414 e. The summed E-state index contributed by atoms with van der Waals surface area (Å²) in [5.41, 5.74) is 0. The Hall–Kier alpha value is 0.158. The fourth-order valence-electron chi connectivity index (χ4n) is 15.5. The number of aliphatic hydroxyl groups is 6. The van der Waals surface area contributed by atoms with Gasteiger partial charge in [-0.25, -0.2) is 0 Å². The largest absolute Gasteiger partial charge is 0.414 e. The van der Waals surface area contributed by atoms with Crippen LogP contribution in [0.2, 0.25) is 127 Å². The van der Waals surface area contributed by atoms with Crippen molar-refractivity contribution in [3.63, 3.8) is 0 Å². The summed E-state index contributed by atoms with van der Waals surface area (Å²) in [5, 5.41) is 78.0. The van der Waals surface area contributed by atoms with Gasteiger partial charge in [0.2, 0.25) is 0 Å². The molecule has 16 rings (SSSR count). The molecule has 16 saturated heterocycles. The van der Waals surface area contributed by atoms with Crippen molar-refractivity contribution < 1.29 is 161 Å². The van der Waals surface area contributed by atoms with E-state index in [9.17, 15) is 30.6 Å². The summed E-state index contributed by atoms with van der Waals surface area (Å²) in [5.74, 6) is 0. The van der Waals surface area contributed by atoms with Gasteiger partial charge in [0.1, 0.15) is 171 Å². The van der Waals surface area contributed by atoms with Crippen molar-refractivity contribution in [1.82, 2.24) is 0 Å². The van der Waals surface area contributed by atoms with Crippen LogP contribution in [0.3, 0.4) is 0 Å². The third-order valence-corrected chi connectivity index (χ3v) is 63.6. The molecule has 16 heterocycles. The van der Waals surface area contributed by atoms with Crippen molar-refractivity contribution in [3.8, 4) is 0 Å². The Morgan fingerprint density at radius 2 is 0.305 bits per heavy atom. The molecule has 6 N–H and O–H groups in total. The highest BCUT2D eigenvalue weighted by Crippen LogP contribution is 2.50.